The highest BCUT2D eigenvalue weighted by atomic mass is 16.5. The molecular weight excluding hydrogens is 296 g/mol. The van der Waals surface area contributed by atoms with Crippen molar-refractivity contribution < 1.29 is 19.1 Å². The first kappa shape index (κ1) is 18.7. The van der Waals surface area contributed by atoms with E-state index in [4.69, 9.17) is 9.47 Å². The van der Waals surface area contributed by atoms with E-state index in [1.54, 1.807) is 45.2 Å². The molecular formula is C17H24N2O4. The molecule has 126 valence electrons. The molecule has 0 spiro atoms. The number of rotatable bonds is 8. The van der Waals surface area contributed by atoms with Gasteiger partial charge in [-0.15, -0.1) is 0 Å². The Bertz CT molecular complexity index is 552. The topological polar surface area (TPSA) is 77.0 Å². The second-order valence-corrected chi connectivity index (χ2v) is 5.02. The summed E-state index contributed by atoms with van der Waals surface area (Å²) >= 11 is 0. The van der Waals surface area contributed by atoms with Crippen molar-refractivity contribution in [2.45, 2.75) is 33.6 Å². The Kier molecular flexibility index (Phi) is 7.80. The van der Waals surface area contributed by atoms with Crippen molar-refractivity contribution in [2.75, 3.05) is 13.7 Å². The normalized spacial score (nSPS) is 12.4. The maximum atomic E-state index is 12.0. The maximum Gasteiger partial charge on any atom is 0.314 e. The molecule has 0 saturated carbocycles. The summed E-state index contributed by atoms with van der Waals surface area (Å²) in [4.78, 5) is 24.0. The minimum absolute atomic E-state index is 0.311. The molecule has 1 atom stereocenters. The number of nitrogens with one attached hydrogen (secondary N) is 1. The number of carbonyl (C=O) groups is 2. The fourth-order valence-corrected chi connectivity index (χ4v) is 2.05. The molecule has 1 N–H and O–H groups in total. The Morgan fingerprint density at radius 3 is 2.39 bits per heavy atom. The molecule has 6 nitrogen and oxygen atoms in total. The second kappa shape index (κ2) is 9.61. The summed E-state index contributed by atoms with van der Waals surface area (Å²) in [6.07, 6.45) is 1.45. The van der Waals surface area contributed by atoms with Crippen LogP contribution in [0.15, 0.2) is 29.4 Å². The fourth-order valence-electron chi connectivity index (χ4n) is 2.05. The largest absolute Gasteiger partial charge is 0.497 e. The molecule has 0 heterocycles. The lowest BCUT2D eigenvalue weighted by molar-refractivity contribution is -0.145. The molecule has 0 aliphatic heterocycles. The number of esters is 1. The van der Waals surface area contributed by atoms with Crippen molar-refractivity contribution in [3.63, 3.8) is 0 Å². The first-order valence-electron chi connectivity index (χ1n) is 7.68. The van der Waals surface area contributed by atoms with E-state index in [2.05, 4.69) is 10.5 Å². The van der Waals surface area contributed by atoms with Gasteiger partial charge in [-0.05, 0) is 44.5 Å². The van der Waals surface area contributed by atoms with E-state index < -0.39 is 5.92 Å². The summed E-state index contributed by atoms with van der Waals surface area (Å²) in [5.41, 5.74) is 3.47. The zero-order chi connectivity index (χ0) is 17.2. The summed E-state index contributed by atoms with van der Waals surface area (Å²) in [5.74, 6) is -0.414. The average molecular weight is 320 g/mol. The van der Waals surface area contributed by atoms with E-state index in [1.165, 1.54) is 0 Å². The van der Waals surface area contributed by atoms with Gasteiger partial charge in [0.2, 0.25) is 0 Å². The number of methoxy groups -OCH3 is 1. The third kappa shape index (κ3) is 5.73. The fraction of sp³-hybridized carbons (Fsp3) is 0.471. The monoisotopic (exact) mass is 320 g/mol. The number of nitrogens with zero attached hydrogens (tertiary/aromatic N) is 1. The molecule has 0 aromatic heterocycles. The summed E-state index contributed by atoms with van der Waals surface area (Å²) in [6.45, 7) is 5.78. The molecule has 1 amide bonds. The summed E-state index contributed by atoms with van der Waals surface area (Å²) in [6, 6.07) is 6.69. The van der Waals surface area contributed by atoms with E-state index in [0.29, 0.717) is 30.1 Å². The standard InChI is InChI=1S/C17H24N2O4/c1-5-7-15(17(21)23-6-2)12(3)18-19-16(20)13-8-10-14(22-4)11-9-13/h8-11,15H,5-7H2,1-4H3,(H,19,20)/t15-/m0/s1. The predicted octanol–water partition coefficient (Wildman–Crippen LogP) is 2.78. The van der Waals surface area contributed by atoms with Crippen LogP contribution in [-0.2, 0) is 9.53 Å². The van der Waals surface area contributed by atoms with E-state index in [1.807, 2.05) is 6.92 Å². The van der Waals surface area contributed by atoms with Crippen molar-refractivity contribution in [3.05, 3.63) is 29.8 Å². The number of hydrogen-bond acceptors (Lipinski definition) is 5. The van der Waals surface area contributed by atoms with Gasteiger partial charge in [-0.25, -0.2) is 5.43 Å². The SMILES string of the molecule is CCC[C@H](C(=O)OCC)C(C)=NNC(=O)c1ccc(OC)cc1. The molecule has 0 aliphatic rings. The van der Waals surface area contributed by atoms with Gasteiger partial charge >= 0.3 is 5.97 Å². The van der Waals surface area contributed by atoms with Gasteiger partial charge in [-0.3, -0.25) is 9.59 Å². The Morgan fingerprint density at radius 2 is 1.87 bits per heavy atom. The van der Waals surface area contributed by atoms with Crippen LogP contribution in [0.4, 0.5) is 0 Å². The van der Waals surface area contributed by atoms with Gasteiger partial charge in [-0.2, -0.15) is 5.10 Å². The second-order valence-electron chi connectivity index (χ2n) is 5.02. The molecule has 0 bridgehead atoms. The highest BCUT2D eigenvalue weighted by Gasteiger charge is 2.22. The molecule has 0 radical (unpaired) electrons. The van der Waals surface area contributed by atoms with Crippen LogP contribution < -0.4 is 10.2 Å². The predicted molar refractivity (Wildman–Crippen MR) is 88.6 cm³/mol. The van der Waals surface area contributed by atoms with E-state index in [0.717, 1.165) is 6.42 Å². The van der Waals surface area contributed by atoms with Gasteiger partial charge < -0.3 is 9.47 Å². The van der Waals surface area contributed by atoms with Gasteiger partial charge in [0.25, 0.3) is 5.91 Å². The summed E-state index contributed by atoms with van der Waals surface area (Å²) in [7, 11) is 1.56. The van der Waals surface area contributed by atoms with Crippen LogP contribution in [0.3, 0.4) is 0 Å². The molecule has 1 aromatic carbocycles. The third-order valence-corrected chi connectivity index (χ3v) is 3.34. The first-order valence-corrected chi connectivity index (χ1v) is 7.68. The number of carbonyl (C=O) groups excluding carboxylic acids is 2. The van der Waals surface area contributed by atoms with Crippen LogP contribution >= 0.6 is 0 Å². The number of hydrazone groups is 1. The molecule has 0 unspecified atom stereocenters. The van der Waals surface area contributed by atoms with Crippen molar-refractivity contribution in [1.82, 2.24) is 5.43 Å². The van der Waals surface area contributed by atoms with Crippen LogP contribution in [0.1, 0.15) is 44.0 Å². The molecule has 23 heavy (non-hydrogen) atoms. The lowest BCUT2D eigenvalue weighted by atomic mass is 9.99. The zero-order valence-electron chi connectivity index (χ0n) is 14.1. The molecule has 1 aromatic rings. The summed E-state index contributed by atoms with van der Waals surface area (Å²) < 4.78 is 10.1. The smallest absolute Gasteiger partial charge is 0.314 e. The van der Waals surface area contributed by atoms with Crippen LogP contribution in [0.25, 0.3) is 0 Å². The quantitative estimate of drug-likeness (QED) is 0.454. The van der Waals surface area contributed by atoms with E-state index in [9.17, 15) is 9.59 Å². The Hall–Kier alpha value is -2.37. The molecule has 6 heteroatoms. The van der Waals surface area contributed by atoms with Gasteiger partial charge in [0, 0.05) is 11.3 Å². The van der Waals surface area contributed by atoms with Crippen LogP contribution in [0.2, 0.25) is 0 Å². The van der Waals surface area contributed by atoms with Gasteiger partial charge in [-0.1, -0.05) is 13.3 Å². The first-order chi connectivity index (χ1) is 11.0. The minimum atomic E-state index is -0.434. The zero-order valence-corrected chi connectivity index (χ0v) is 14.1. The molecule has 0 aliphatic carbocycles. The van der Waals surface area contributed by atoms with Crippen LogP contribution in [0, 0.1) is 5.92 Å². The minimum Gasteiger partial charge on any atom is -0.497 e. The van der Waals surface area contributed by atoms with Gasteiger partial charge in [0.15, 0.2) is 0 Å². The lowest BCUT2D eigenvalue weighted by Crippen LogP contribution is -2.27. The number of benzene rings is 1. The van der Waals surface area contributed by atoms with Crippen molar-refractivity contribution in [2.24, 2.45) is 11.0 Å². The van der Waals surface area contributed by atoms with E-state index >= 15 is 0 Å². The maximum absolute atomic E-state index is 12.0. The third-order valence-electron chi connectivity index (χ3n) is 3.34. The highest BCUT2D eigenvalue weighted by molar-refractivity contribution is 6.02. The highest BCUT2D eigenvalue weighted by Crippen LogP contribution is 2.13. The molecule has 1 rings (SSSR count). The number of ether oxygens (including phenoxy) is 2. The Balaban J connectivity index is 2.74. The molecule has 0 fully saturated rings. The van der Waals surface area contributed by atoms with Crippen molar-refractivity contribution in [1.29, 1.82) is 0 Å². The number of hydrogen-bond donors (Lipinski definition) is 1. The van der Waals surface area contributed by atoms with Gasteiger partial charge in [0.05, 0.1) is 19.6 Å². The Morgan fingerprint density at radius 1 is 1.22 bits per heavy atom. The molecule has 0 saturated heterocycles. The van der Waals surface area contributed by atoms with E-state index in [-0.39, 0.29) is 11.9 Å². The van der Waals surface area contributed by atoms with Crippen molar-refractivity contribution in [3.8, 4) is 5.75 Å². The van der Waals surface area contributed by atoms with Crippen molar-refractivity contribution >= 4 is 17.6 Å². The lowest BCUT2D eigenvalue weighted by Gasteiger charge is -2.14. The van der Waals surface area contributed by atoms with Crippen LogP contribution in [0.5, 0.6) is 5.75 Å². The van der Waals surface area contributed by atoms with Gasteiger partial charge in [0.1, 0.15) is 5.75 Å². The number of amides is 1. The average Bonchev–Trinajstić information content (AvgIpc) is 2.57. The summed E-state index contributed by atoms with van der Waals surface area (Å²) in [5, 5.41) is 4.05. The Labute approximate surface area is 136 Å². The van der Waals surface area contributed by atoms with Crippen LogP contribution in [-0.4, -0.2) is 31.3 Å².